The molecule has 1 atom stereocenters. The first-order valence-electron chi connectivity index (χ1n) is 11.6. The van der Waals surface area contributed by atoms with Gasteiger partial charge in [-0.2, -0.15) is 0 Å². The predicted octanol–water partition coefficient (Wildman–Crippen LogP) is 3.62. The van der Waals surface area contributed by atoms with Crippen LogP contribution in [0.25, 0.3) is 22.3 Å². The van der Waals surface area contributed by atoms with Gasteiger partial charge in [0.15, 0.2) is 5.60 Å². The van der Waals surface area contributed by atoms with Crippen LogP contribution in [0.2, 0.25) is 0 Å². The van der Waals surface area contributed by atoms with E-state index in [1.165, 1.54) is 25.7 Å². The van der Waals surface area contributed by atoms with Gasteiger partial charge < -0.3 is 14.4 Å². The molecule has 1 fully saturated rings. The lowest BCUT2D eigenvalue weighted by atomic mass is 9.86. The molecule has 3 aromatic rings. The molecule has 2 aromatic heterocycles. The minimum atomic E-state index is -1.81. The van der Waals surface area contributed by atoms with Crippen LogP contribution in [-0.2, 0) is 28.3 Å². The second kappa shape index (κ2) is 7.29. The van der Waals surface area contributed by atoms with Gasteiger partial charge in [0.2, 0.25) is 0 Å². The Balaban J connectivity index is 1.45. The van der Waals surface area contributed by atoms with Crippen molar-refractivity contribution in [1.82, 2.24) is 9.55 Å². The second-order valence-electron chi connectivity index (χ2n) is 9.26. The van der Waals surface area contributed by atoms with E-state index < -0.39 is 11.6 Å². The van der Waals surface area contributed by atoms with Crippen molar-refractivity contribution in [2.24, 2.45) is 5.92 Å². The van der Waals surface area contributed by atoms with Gasteiger partial charge in [-0.05, 0) is 49.6 Å². The molecule has 0 saturated heterocycles. The van der Waals surface area contributed by atoms with Crippen LogP contribution < -0.4 is 5.56 Å². The predicted molar refractivity (Wildman–Crippen MR) is 123 cm³/mol. The van der Waals surface area contributed by atoms with Crippen LogP contribution in [0.4, 0.5) is 0 Å². The van der Waals surface area contributed by atoms with Crippen LogP contribution in [-0.4, -0.2) is 20.6 Å². The molecule has 6 rings (SSSR count). The number of aromatic nitrogens is 2. The molecule has 6 nitrogen and oxygen atoms in total. The molecule has 0 spiro atoms. The third kappa shape index (κ3) is 3.03. The summed E-state index contributed by atoms with van der Waals surface area (Å²) in [7, 11) is 0. The van der Waals surface area contributed by atoms with E-state index in [4.69, 9.17) is 9.72 Å². The Labute approximate surface area is 191 Å². The summed E-state index contributed by atoms with van der Waals surface area (Å²) in [5.74, 6) is 6.52. The highest BCUT2D eigenvalue weighted by molar-refractivity contribution is 5.87. The summed E-state index contributed by atoms with van der Waals surface area (Å²) in [6.07, 6.45) is 5.05. The summed E-state index contributed by atoms with van der Waals surface area (Å²) in [5.41, 5.74) is 2.70. The van der Waals surface area contributed by atoms with Crippen molar-refractivity contribution in [2.45, 2.75) is 57.8 Å². The lowest BCUT2D eigenvalue weighted by Crippen LogP contribution is -2.44. The average molecular weight is 440 g/mol. The number of fused-ring (bicyclic) bond motifs is 5. The Morgan fingerprint density at radius 3 is 2.82 bits per heavy atom. The van der Waals surface area contributed by atoms with E-state index in [-0.39, 0.29) is 18.6 Å². The zero-order chi connectivity index (χ0) is 22.7. The Morgan fingerprint density at radius 1 is 1.21 bits per heavy atom. The van der Waals surface area contributed by atoms with Crippen molar-refractivity contribution >= 4 is 16.9 Å². The molecule has 1 N–H and O–H groups in total. The molecule has 1 aliphatic carbocycles. The summed E-state index contributed by atoms with van der Waals surface area (Å²) in [4.78, 5) is 30.4. The third-order valence-electron chi connectivity index (χ3n) is 7.28. The number of benzene rings is 1. The zero-order valence-electron chi connectivity index (χ0n) is 18.5. The number of cyclic esters (lactones) is 1. The first kappa shape index (κ1) is 20.2. The standard InChI is InChI=1S/C27H24N2O4/c1-2-27(32)21-13-23-24-19(14-29(23)25(30)20(21)15-33-26(27)31)12-18-11-17(9-10-22(18)28-24)8-7-16-5-3-4-6-16/h9-13,16,32H,2-6,14-15H2,1H3/t27-/m0/s1. The SMILES string of the molecule is CC[C@@]1(O)C(=O)OCc2c1cc1n(c2=O)Cc2cc3cc(C#CC4CCCC4)ccc3nc2-1. The molecular weight excluding hydrogens is 416 g/mol. The van der Waals surface area contributed by atoms with Gasteiger partial charge in [-0.25, -0.2) is 9.78 Å². The van der Waals surface area contributed by atoms with Gasteiger partial charge in [0, 0.05) is 28.0 Å². The molecule has 0 radical (unpaired) electrons. The molecule has 3 aliphatic rings. The number of esters is 1. The van der Waals surface area contributed by atoms with Crippen LogP contribution in [0.15, 0.2) is 35.1 Å². The fourth-order valence-electron chi connectivity index (χ4n) is 5.32. The van der Waals surface area contributed by atoms with Crippen LogP contribution in [0, 0.1) is 17.8 Å². The van der Waals surface area contributed by atoms with Crippen molar-refractivity contribution in [3.8, 4) is 23.2 Å². The first-order valence-corrected chi connectivity index (χ1v) is 11.6. The van der Waals surface area contributed by atoms with Gasteiger partial charge in [-0.3, -0.25) is 4.79 Å². The van der Waals surface area contributed by atoms with E-state index in [0.717, 1.165) is 22.0 Å². The number of nitrogens with zero attached hydrogens (tertiary/aromatic N) is 2. The maximum atomic E-state index is 13.3. The topological polar surface area (TPSA) is 81.4 Å². The fraction of sp³-hybridized carbons (Fsp3) is 0.370. The molecule has 166 valence electrons. The van der Waals surface area contributed by atoms with Gasteiger partial charge in [0.25, 0.3) is 5.56 Å². The molecule has 1 saturated carbocycles. The van der Waals surface area contributed by atoms with Crippen molar-refractivity contribution in [3.05, 3.63) is 62.9 Å². The second-order valence-corrected chi connectivity index (χ2v) is 9.26. The smallest absolute Gasteiger partial charge is 0.343 e. The van der Waals surface area contributed by atoms with Crippen LogP contribution in [0.5, 0.6) is 0 Å². The Kier molecular flexibility index (Phi) is 4.46. The minimum absolute atomic E-state index is 0.121. The van der Waals surface area contributed by atoms with E-state index >= 15 is 0 Å². The fourth-order valence-corrected chi connectivity index (χ4v) is 5.32. The summed E-state index contributed by atoms with van der Waals surface area (Å²) >= 11 is 0. The molecule has 1 aromatic carbocycles. The Bertz CT molecular complexity index is 1450. The summed E-state index contributed by atoms with van der Waals surface area (Å²) < 4.78 is 6.79. The Morgan fingerprint density at radius 2 is 2.03 bits per heavy atom. The highest BCUT2D eigenvalue weighted by Gasteiger charge is 2.45. The number of carbonyl (C=O) groups excluding carboxylic acids is 1. The number of rotatable bonds is 1. The quantitative estimate of drug-likeness (QED) is 0.361. The number of carbonyl (C=O) groups is 1. The average Bonchev–Trinajstić information content (AvgIpc) is 3.47. The van der Waals surface area contributed by atoms with Crippen LogP contribution in [0.1, 0.15) is 61.3 Å². The largest absolute Gasteiger partial charge is 0.458 e. The van der Waals surface area contributed by atoms with Crippen molar-refractivity contribution < 1.29 is 14.6 Å². The van der Waals surface area contributed by atoms with E-state index in [1.807, 2.05) is 12.1 Å². The van der Waals surface area contributed by atoms with E-state index in [9.17, 15) is 14.7 Å². The van der Waals surface area contributed by atoms with E-state index in [2.05, 4.69) is 24.0 Å². The van der Waals surface area contributed by atoms with Crippen molar-refractivity contribution in [3.63, 3.8) is 0 Å². The molecule has 2 aliphatic heterocycles. The van der Waals surface area contributed by atoms with Crippen molar-refractivity contribution in [2.75, 3.05) is 0 Å². The number of ether oxygens (including phenoxy) is 1. The zero-order valence-corrected chi connectivity index (χ0v) is 18.5. The number of hydrogen-bond acceptors (Lipinski definition) is 5. The van der Waals surface area contributed by atoms with E-state index in [0.29, 0.717) is 35.0 Å². The summed E-state index contributed by atoms with van der Waals surface area (Å²) in [6.45, 7) is 1.98. The van der Waals surface area contributed by atoms with Gasteiger partial charge in [-0.15, -0.1) is 0 Å². The number of aliphatic hydroxyl groups is 1. The molecule has 4 heterocycles. The van der Waals surface area contributed by atoms with Gasteiger partial charge >= 0.3 is 5.97 Å². The van der Waals surface area contributed by atoms with Crippen LogP contribution in [0.3, 0.4) is 0 Å². The lowest BCUT2D eigenvalue weighted by molar-refractivity contribution is -0.172. The monoisotopic (exact) mass is 440 g/mol. The maximum Gasteiger partial charge on any atom is 0.343 e. The minimum Gasteiger partial charge on any atom is -0.458 e. The third-order valence-corrected chi connectivity index (χ3v) is 7.28. The van der Waals surface area contributed by atoms with Gasteiger partial charge in [0.05, 0.1) is 29.0 Å². The Hall–Kier alpha value is -3.43. The molecule has 0 bridgehead atoms. The highest BCUT2D eigenvalue weighted by atomic mass is 16.6. The lowest BCUT2D eigenvalue weighted by Gasteiger charge is -2.31. The molecule has 33 heavy (non-hydrogen) atoms. The molecular formula is C27H24N2O4. The maximum absolute atomic E-state index is 13.3. The molecule has 6 heteroatoms. The van der Waals surface area contributed by atoms with E-state index in [1.54, 1.807) is 17.6 Å². The van der Waals surface area contributed by atoms with Crippen LogP contribution >= 0.6 is 0 Å². The number of pyridine rings is 2. The van der Waals surface area contributed by atoms with Gasteiger partial charge in [-0.1, -0.05) is 31.6 Å². The highest BCUT2D eigenvalue weighted by Crippen LogP contribution is 2.38. The van der Waals surface area contributed by atoms with Gasteiger partial charge in [0.1, 0.15) is 6.61 Å². The molecule has 0 amide bonds. The summed E-state index contributed by atoms with van der Waals surface area (Å²) in [5, 5.41) is 12.0. The number of hydrogen-bond donors (Lipinski definition) is 1. The molecule has 0 unspecified atom stereocenters. The first-order chi connectivity index (χ1) is 16.0. The normalized spacial score (nSPS) is 21.2. The summed E-state index contributed by atoms with van der Waals surface area (Å²) in [6, 6.07) is 9.82. The van der Waals surface area contributed by atoms with Crippen molar-refractivity contribution in [1.29, 1.82) is 0 Å².